The van der Waals surface area contributed by atoms with Crippen molar-refractivity contribution in [3.63, 3.8) is 0 Å². The highest BCUT2D eigenvalue weighted by atomic mass is 35.5. The van der Waals surface area contributed by atoms with Crippen molar-refractivity contribution in [2.45, 2.75) is 11.3 Å². The summed E-state index contributed by atoms with van der Waals surface area (Å²) in [5, 5.41) is 15.1. The van der Waals surface area contributed by atoms with Crippen LogP contribution in [0.5, 0.6) is 5.75 Å². The monoisotopic (exact) mass is 504 g/mol. The molecule has 8 nitrogen and oxygen atoms in total. The van der Waals surface area contributed by atoms with Gasteiger partial charge in [0.2, 0.25) is 0 Å². The van der Waals surface area contributed by atoms with Crippen molar-refractivity contribution in [3.05, 3.63) is 77.3 Å². The lowest BCUT2D eigenvalue weighted by Crippen LogP contribution is -2.24. The predicted octanol–water partition coefficient (Wildman–Crippen LogP) is 5.80. The first-order valence-electron chi connectivity index (χ1n) is 10.6. The molecule has 0 saturated heterocycles. The molecule has 35 heavy (non-hydrogen) atoms. The van der Waals surface area contributed by atoms with Gasteiger partial charge >= 0.3 is 0 Å². The quantitative estimate of drug-likeness (QED) is 0.194. The largest absolute Gasteiger partial charge is 0.497 e. The molecule has 10 heteroatoms. The first-order valence-corrected chi connectivity index (χ1v) is 11.8. The number of rotatable bonds is 9. The summed E-state index contributed by atoms with van der Waals surface area (Å²) in [4.78, 5) is 22.6. The smallest absolute Gasteiger partial charge is 0.251 e. The third kappa shape index (κ3) is 6.12. The Morgan fingerprint density at radius 1 is 1.06 bits per heavy atom. The molecule has 0 aliphatic heterocycles. The number of anilines is 3. The van der Waals surface area contributed by atoms with Gasteiger partial charge in [0.15, 0.2) is 11.6 Å². The number of halogens is 1. The molecule has 176 valence electrons. The third-order valence-electron chi connectivity index (χ3n) is 4.88. The molecule has 1 amide bonds. The Morgan fingerprint density at radius 3 is 2.57 bits per heavy atom. The zero-order chi connectivity index (χ0) is 24.6. The third-order valence-corrected chi connectivity index (χ3v) is 6.00. The summed E-state index contributed by atoms with van der Waals surface area (Å²) in [5.74, 6) is 1.40. The molecule has 0 bridgehead atoms. The highest BCUT2D eigenvalue weighted by Crippen LogP contribution is 2.33. The Bertz CT molecular complexity index is 1410. The fourth-order valence-corrected chi connectivity index (χ4v) is 4.01. The summed E-state index contributed by atoms with van der Waals surface area (Å²) in [6.07, 6.45) is 0.259. The van der Waals surface area contributed by atoms with Crippen molar-refractivity contribution in [2.75, 3.05) is 23.7 Å². The fraction of sp³-hybridized carbons (Fsp3) is 0.120. The van der Waals surface area contributed by atoms with Crippen molar-refractivity contribution >= 4 is 57.8 Å². The fourth-order valence-electron chi connectivity index (χ4n) is 3.16. The predicted molar refractivity (Wildman–Crippen MR) is 139 cm³/mol. The summed E-state index contributed by atoms with van der Waals surface area (Å²) in [5.41, 5.74) is 2.57. The lowest BCUT2D eigenvalue weighted by atomic mass is 10.2. The number of carbonyl (C=O) groups excluding carboxylic acids is 1. The van der Waals surface area contributed by atoms with Crippen LogP contribution in [-0.2, 0) is 0 Å². The van der Waals surface area contributed by atoms with E-state index in [1.165, 1.54) is 11.9 Å². The minimum Gasteiger partial charge on any atom is -0.497 e. The lowest BCUT2D eigenvalue weighted by Gasteiger charge is -2.14. The van der Waals surface area contributed by atoms with Gasteiger partial charge in [-0.15, -0.1) is 0 Å². The minimum atomic E-state index is -0.233. The highest BCUT2D eigenvalue weighted by Gasteiger charge is 2.13. The first kappa shape index (κ1) is 24.1. The van der Waals surface area contributed by atoms with E-state index in [1.54, 1.807) is 43.5 Å². The number of hydrogen-bond donors (Lipinski definition) is 3. The normalized spacial score (nSPS) is 10.4. The number of aromatic nitrogens is 2. The lowest BCUT2D eigenvalue weighted by molar-refractivity contribution is 0.0954. The van der Waals surface area contributed by atoms with Gasteiger partial charge in [-0.3, -0.25) is 4.79 Å². The molecular formula is C25H21ClN6O2S. The first-order chi connectivity index (χ1) is 17.1. The van der Waals surface area contributed by atoms with Gasteiger partial charge in [-0.2, -0.15) is 5.26 Å². The van der Waals surface area contributed by atoms with Gasteiger partial charge in [-0.25, -0.2) is 9.97 Å². The van der Waals surface area contributed by atoms with Crippen LogP contribution < -0.4 is 20.1 Å². The Labute approximate surface area is 211 Å². The molecule has 0 unspecified atom stereocenters. The van der Waals surface area contributed by atoms with Gasteiger partial charge in [0.25, 0.3) is 5.91 Å². The molecule has 0 saturated carbocycles. The van der Waals surface area contributed by atoms with Crippen LogP contribution in [0, 0.1) is 11.3 Å². The number of fused-ring (bicyclic) bond motifs is 1. The van der Waals surface area contributed by atoms with Crippen molar-refractivity contribution in [3.8, 4) is 11.8 Å². The Morgan fingerprint density at radius 2 is 1.83 bits per heavy atom. The van der Waals surface area contributed by atoms with E-state index < -0.39 is 0 Å². The Kier molecular flexibility index (Phi) is 7.88. The van der Waals surface area contributed by atoms with E-state index in [1.807, 2.05) is 36.4 Å². The molecule has 3 N–H and O–H groups in total. The number of nitrogens with zero attached hydrogens (tertiary/aromatic N) is 3. The number of ether oxygens (including phenoxy) is 1. The van der Waals surface area contributed by atoms with Crippen LogP contribution in [-0.4, -0.2) is 29.5 Å². The molecule has 0 fully saturated rings. The Balaban J connectivity index is 1.59. The number of hydrogen-bond acceptors (Lipinski definition) is 8. The second-order valence-electron chi connectivity index (χ2n) is 7.28. The Hall–Kier alpha value is -4.00. The number of nitrogens with one attached hydrogen (secondary N) is 3. The highest BCUT2D eigenvalue weighted by molar-refractivity contribution is 8.00. The maximum Gasteiger partial charge on any atom is 0.251 e. The molecule has 4 aromatic rings. The van der Waals surface area contributed by atoms with Gasteiger partial charge in [-0.1, -0.05) is 29.8 Å². The zero-order valence-corrected chi connectivity index (χ0v) is 20.3. The second kappa shape index (κ2) is 11.4. The number of benzene rings is 3. The van der Waals surface area contributed by atoms with Crippen LogP contribution in [0.25, 0.3) is 11.0 Å². The van der Waals surface area contributed by atoms with E-state index in [9.17, 15) is 4.79 Å². The number of methoxy groups -OCH3 is 1. The van der Waals surface area contributed by atoms with E-state index >= 15 is 0 Å². The molecular weight excluding hydrogens is 484 g/mol. The summed E-state index contributed by atoms with van der Waals surface area (Å²) in [7, 11) is 1.59. The molecule has 1 aromatic heterocycles. The number of amides is 1. The average Bonchev–Trinajstić information content (AvgIpc) is 2.89. The molecule has 1 heterocycles. The van der Waals surface area contributed by atoms with Crippen LogP contribution in [0.4, 0.5) is 17.3 Å². The summed E-state index contributed by atoms with van der Waals surface area (Å²) in [6, 6.07) is 22.0. The SMILES string of the molecule is COc1ccc(Cl)c(Nc2nc3ccccc3nc2NSc2cccc(C(=O)NCCC#N)c2)c1. The van der Waals surface area contributed by atoms with Gasteiger partial charge < -0.3 is 20.1 Å². The minimum absolute atomic E-state index is 0.233. The van der Waals surface area contributed by atoms with Gasteiger partial charge in [0, 0.05) is 23.1 Å². The molecule has 0 aliphatic rings. The number of carbonyl (C=O) groups is 1. The molecule has 0 aliphatic carbocycles. The van der Waals surface area contributed by atoms with Crippen molar-refractivity contribution in [2.24, 2.45) is 0 Å². The van der Waals surface area contributed by atoms with E-state index in [2.05, 4.69) is 15.4 Å². The van der Waals surface area contributed by atoms with E-state index in [0.717, 1.165) is 15.9 Å². The van der Waals surface area contributed by atoms with Crippen LogP contribution >= 0.6 is 23.5 Å². The van der Waals surface area contributed by atoms with Crippen LogP contribution in [0.1, 0.15) is 16.8 Å². The topological polar surface area (TPSA) is 112 Å². The average molecular weight is 505 g/mol. The van der Waals surface area contributed by atoms with Crippen molar-refractivity contribution < 1.29 is 9.53 Å². The summed E-state index contributed by atoms with van der Waals surface area (Å²) < 4.78 is 8.55. The van der Waals surface area contributed by atoms with E-state index in [4.69, 9.17) is 31.6 Å². The maximum atomic E-state index is 12.3. The maximum absolute atomic E-state index is 12.3. The molecule has 4 rings (SSSR count). The van der Waals surface area contributed by atoms with Gasteiger partial charge in [0.05, 0.1) is 41.3 Å². The molecule has 0 radical (unpaired) electrons. The van der Waals surface area contributed by atoms with Crippen molar-refractivity contribution in [1.82, 2.24) is 15.3 Å². The van der Waals surface area contributed by atoms with Crippen molar-refractivity contribution in [1.29, 1.82) is 5.26 Å². The van der Waals surface area contributed by atoms with Gasteiger partial charge in [-0.05, 0) is 54.4 Å². The number of para-hydroxylation sites is 2. The van der Waals surface area contributed by atoms with E-state index in [0.29, 0.717) is 40.2 Å². The van der Waals surface area contributed by atoms with Gasteiger partial charge in [0.1, 0.15) is 5.75 Å². The second-order valence-corrected chi connectivity index (χ2v) is 8.56. The van der Waals surface area contributed by atoms with Crippen LogP contribution in [0.15, 0.2) is 71.6 Å². The standard InChI is InChI=1S/C25H21ClN6O2S/c1-34-17-10-11-19(26)22(15-17)31-23-24(30-21-9-3-2-8-20(21)29-23)32-35-18-7-4-6-16(14-18)25(33)28-13-5-12-27/h2-4,6-11,14-15H,5,13H2,1H3,(H,28,33)(H,29,31)(H,30,32). The summed E-state index contributed by atoms with van der Waals surface area (Å²) >= 11 is 7.69. The molecule has 3 aromatic carbocycles. The van der Waals surface area contributed by atoms with E-state index in [-0.39, 0.29) is 12.3 Å². The van der Waals surface area contributed by atoms with Crippen LogP contribution in [0.2, 0.25) is 5.02 Å². The summed E-state index contributed by atoms with van der Waals surface area (Å²) in [6.45, 7) is 0.305. The molecule has 0 atom stereocenters. The molecule has 0 spiro atoms. The number of nitriles is 1. The zero-order valence-electron chi connectivity index (χ0n) is 18.7. The van der Waals surface area contributed by atoms with Crippen LogP contribution in [0.3, 0.4) is 0 Å².